The molecule has 0 spiro atoms. The second-order valence-corrected chi connectivity index (χ2v) is 7.90. The molecule has 2 amide bonds. The Kier molecular flexibility index (Phi) is 6.28. The number of amidine groups is 1. The zero-order valence-corrected chi connectivity index (χ0v) is 16.9. The third kappa shape index (κ3) is 4.95. The minimum Gasteiger partial charge on any atom is -0.325 e. The van der Waals surface area contributed by atoms with Gasteiger partial charge in [-0.3, -0.25) is 14.5 Å². The van der Waals surface area contributed by atoms with Gasteiger partial charge in [0.15, 0.2) is 5.17 Å². The van der Waals surface area contributed by atoms with Gasteiger partial charge in [0.05, 0.1) is 5.69 Å². The molecule has 0 saturated carbocycles. The van der Waals surface area contributed by atoms with E-state index < -0.39 is 11.1 Å². The van der Waals surface area contributed by atoms with Gasteiger partial charge in [-0.1, -0.05) is 33.8 Å². The van der Waals surface area contributed by atoms with Crippen LogP contribution in [0.25, 0.3) is 0 Å². The first-order valence-corrected chi connectivity index (χ1v) is 10.0. The number of amides is 2. The van der Waals surface area contributed by atoms with Crippen LogP contribution in [0.2, 0.25) is 0 Å². The summed E-state index contributed by atoms with van der Waals surface area (Å²) in [6.45, 7) is 2.27. The van der Waals surface area contributed by atoms with Gasteiger partial charge in [0.25, 0.3) is 0 Å². The second kappa shape index (κ2) is 8.67. The molecule has 1 N–H and O–H groups in total. The fourth-order valence-electron chi connectivity index (χ4n) is 2.56. The maximum atomic E-state index is 13.4. The van der Waals surface area contributed by atoms with Crippen molar-refractivity contribution in [2.45, 2.75) is 18.6 Å². The Morgan fingerprint density at radius 3 is 2.74 bits per heavy atom. The van der Waals surface area contributed by atoms with Crippen molar-refractivity contribution in [1.29, 1.82) is 0 Å². The van der Waals surface area contributed by atoms with Crippen LogP contribution in [0.4, 0.5) is 15.8 Å². The van der Waals surface area contributed by atoms with E-state index in [-0.39, 0.29) is 18.2 Å². The second-order valence-electron chi connectivity index (χ2n) is 5.82. The van der Waals surface area contributed by atoms with Gasteiger partial charge in [-0.05, 0) is 49.4 Å². The van der Waals surface area contributed by atoms with Crippen LogP contribution in [-0.2, 0) is 9.59 Å². The number of thioether (sulfide) groups is 1. The van der Waals surface area contributed by atoms with Gasteiger partial charge in [-0.15, -0.1) is 0 Å². The van der Waals surface area contributed by atoms with E-state index in [2.05, 4.69) is 26.2 Å². The number of aliphatic imine (C=N–C) groups is 1. The lowest BCUT2D eigenvalue weighted by atomic mass is 10.2. The number of nitrogens with one attached hydrogen (secondary N) is 1. The minimum absolute atomic E-state index is 0.0863. The van der Waals surface area contributed by atoms with Gasteiger partial charge in [0.2, 0.25) is 11.8 Å². The highest BCUT2D eigenvalue weighted by Crippen LogP contribution is 2.30. The minimum atomic E-state index is -0.601. The molecule has 1 heterocycles. The molecule has 3 rings (SSSR count). The summed E-state index contributed by atoms with van der Waals surface area (Å²) >= 11 is 4.56. The molecule has 0 bridgehead atoms. The van der Waals surface area contributed by atoms with Crippen molar-refractivity contribution in [3.63, 3.8) is 0 Å². The first kappa shape index (κ1) is 19.6. The number of hydrogen-bond acceptors (Lipinski definition) is 4. The van der Waals surface area contributed by atoms with Gasteiger partial charge in [0.1, 0.15) is 11.1 Å². The number of nitrogens with zero attached hydrogens (tertiary/aromatic N) is 2. The Labute approximate surface area is 169 Å². The van der Waals surface area contributed by atoms with Crippen LogP contribution >= 0.6 is 27.7 Å². The highest BCUT2D eigenvalue weighted by atomic mass is 79.9. The summed E-state index contributed by atoms with van der Waals surface area (Å²) in [4.78, 5) is 31.0. The summed E-state index contributed by atoms with van der Waals surface area (Å²) in [6, 6.07) is 13.0. The molecule has 2 aromatic carbocycles. The lowest BCUT2D eigenvalue weighted by Crippen LogP contribution is -2.45. The van der Waals surface area contributed by atoms with Crippen molar-refractivity contribution in [2.24, 2.45) is 4.99 Å². The van der Waals surface area contributed by atoms with Crippen LogP contribution in [0, 0.1) is 5.82 Å². The van der Waals surface area contributed by atoms with E-state index in [1.165, 1.54) is 28.8 Å². The summed E-state index contributed by atoms with van der Waals surface area (Å²) in [5.41, 5.74) is 1.05. The van der Waals surface area contributed by atoms with Gasteiger partial charge in [-0.2, -0.15) is 0 Å². The zero-order valence-electron chi connectivity index (χ0n) is 14.5. The van der Waals surface area contributed by atoms with Crippen molar-refractivity contribution < 1.29 is 14.0 Å². The Morgan fingerprint density at radius 1 is 1.33 bits per heavy atom. The van der Waals surface area contributed by atoms with E-state index >= 15 is 0 Å². The molecule has 0 aliphatic carbocycles. The molecule has 1 fully saturated rings. The Morgan fingerprint density at radius 2 is 2.07 bits per heavy atom. The van der Waals surface area contributed by atoms with E-state index in [0.717, 1.165) is 4.47 Å². The van der Waals surface area contributed by atoms with Crippen LogP contribution < -0.4 is 5.32 Å². The number of halogens is 2. The summed E-state index contributed by atoms with van der Waals surface area (Å²) in [6.07, 6.45) is 0.0863. The summed E-state index contributed by atoms with van der Waals surface area (Å²) < 4.78 is 14.3. The zero-order chi connectivity index (χ0) is 19.4. The van der Waals surface area contributed by atoms with E-state index in [1.54, 1.807) is 24.3 Å². The number of hydrogen-bond donors (Lipinski definition) is 1. The first-order chi connectivity index (χ1) is 13.0. The highest BCUT2D eigenvalue weighted by molar-refractivity contribution is 9.10. The molecule has 2 aromatic rings. The van der Waals surface area contributed by atoms with Crippen LogP contribution in [0.1, 0.15) is 13.3 Å². The Balaban J connectivity index is 1.80. The fourth-order valence-corrected chi connectivity index (χ4v) is 3.99. The van der Waals surface area contributed by atoms with Crippen LogP contribution in [0.15, 0.2) is 58.0 Å². The monoisotopic (exact) mass is 449 g/mol. The fraction of sp³-hybridized carbons (Fsp3) is 0.211. The molecule has 27 heavy (non-hydrogen) atoms. The number of carbonyl (C=O) groups is 2. The van der Waals surface area contributed by atoms with E-state index in [9.17, 15) is 14.0 Å². The first-order valence-electron chi connectivity index (χ1n) is 8.34. The van der Waals surface area contributed by atoms with Crippen LogP contribution in [-0.4, -0.2) is 33.7 Å². The van der Waals surface area contributed by atoms with Crippen molar-refractivity contribution >= 4 is 56.0 Å². The largest absolute Gasteiger partial charge is 0.325 e. The highest BCUT2D eigenvalue weighted by Gasteiger charge is 2.35. The van der Waals surface area contributed by atoms with Gasteiger partial charge >= 0.3 is 0 Å². The average molecular weight is 450 g/mol. The molecular formula is C19H17BrFN3O2S. The summed E-state index contributed by atoms with van der Waals surface area (Å²) in [5, 5.41) is 2.62. The predicted octanol–water partition coefficient (Wildman–Crippen LogP) is 4.57. The van der Waals surface area contributed by atoms with Crippen LogP contribution in [0.5, 0.6) is 0 Å². The molecule has 5 nitrogen and oxygen atoms in total. The topological polar surface area (TPSA) is 61.8 Å². The molecule has 1 saturated heterocycles. The van der Waals surface area contributed by atoms with Gasteiger partial charge in [-0.25, -0.2) is 9.38 Å². The standard InChI is InChI=1S/C19H17BrFN3O2S/c1-2-24-17(25)11-16(18(26)22-14-8-6-12(20)7-9-14)27-19(24)23-15-5-3-4-13(21)10-15/h3-10,16H,2,11H2,1H3,(H,22,26)/t16-/m1/s1. The predicted molar refractivity (Wildman–Crippen MR) is 110 cm³/mol. The molecular weight excluding hydrogens is 433 g/mol. The summed E-state index contributed by atoms with van der Waals surface area (Å²) in [7, 11) is 0. The summed E-state index contributed by atoms with van der Waals surface area (Å²) in [5.74, 6) is -0.850. The smallest absolute Gasteiger partial charge is 0.238 e. The third-order valence-electron chi connectivity index (χ3n) is 3.89. The Bertz CT molecular complexity index is 889. The van der Waals surface area contributed by atoms with Crippen molar-refractivity contribution in [2.75, 3.05) is 11.9 Å². The van der Waals surface area contributed by atoms with Gasteiger partial charge < -0.3 is 5.32 Å². The van der Waals surface area contributed by atoms with Crippen LogP contribution in [0.3, 0.4) is 0 Å². The van der Waals surface area contributed by atoms with E-state index in [1.807, 2.05) is 19.1 Å². The third-order valence-corrected chi connectivity index (χ3v) is 5.61. The molecule has 0 aromatic heterocycles. The lowest BCUT2D eigenvalue weighted by Gasteiger charge is -2.30. The molecule has 0 unspecified atom stereocenters. The maximum absolute atomic E-state index is 13.4. The SMILES string of the molecule is CCN1C(=O)C[C@H](C(=O)Nc2ccc(Br)cc2)SC1=Nc1cccc(F)c1. The number of rotatable bonds is 4. The Hall–Kier alpha value is -2.19. The van der Waals surface area contributed by atoms with E-state index in [4.69, 9.17) is 0 Å². The molecule has 140 valence electrons. The average Bonchev–Trinajstić information content (AvgIpc) is 2.63. The molecule has 0 radical (unpaired) electrons. The normalized spacial score (nSPS) is 18.6. The maximum Gasteiger partial charge on any atom is 0.238 e. The molecule has 1 aliphatic heterocycles. The van der Waals surface area contributed by atoms with Crippen molar-refractivity contribution in [1.82, 2.24) is 4.90 Å². The van der Waals surface area contributed by atoms with E-state index in [0.29, 0.717) is 23.1 Å². The molecule has 1 aliphatic rings. The van der Waals surface area contributed by atoms with Gasteiger partial charge in [0, 0.05) is 23.1 Å². The number of carbonyl (C=O) groups excluding carboxylic acids is 2. The number of anilines is 1. The lowest BCUT2D eigenvalue weighted by molar-refractivity contribution is -0.129. The quantitative estimate of drug-likeness (QED) is 0.743. The van der Waals surface area contributed by atoms with Crippen molar-refractivity contribution in [3.05, 3.63) is 58.8 Å². The molecule has 1 atom stereocenters. The van der Waals surface area contributed by atoms with Crippen molar-refractivity contribution in [3.8, 4) is 0 Å². The molecule has 8 heteroatoms. The number of benzene rings is 2.